The van der Waals surface area contributed by atoms with Gasteiger partial charge in [-0.25, -0.2) is 0 Å². The second kappa shape index (κ2) is 8.08. The zero-order valence-corrected chi connectivity index (χ0v) is 16.7. The lowest BCUT2D eigenvalue weighted by Gasteiger charge is -2.26. The Hall–Kier alpha value is -3.13. The van der Waals surface area contributed by atoms with E-state index < -0.39 is 0 Å². The Bertz CT molecular complexity index is 1090. The highest BCUT2D eigenvalue weighted by Gasteiger charge is 2.21. The molecule has 1 aliphatic heterocycles. The smallest absolute Gasteiger partial charge is 0.0469 e. The van der Waals surface area contributed by atoms with Gasteiger partial charge < -0.3 is 5.32 Å². The summed E-state index contributed by atoms with van der Waals surface area (Å²) in [6.45, 7) is 0. The van der Waals surface area contributed by atoms with Gasteiger partial charge in [0.25, 0.3) is 0 Å². The Balaban J connectivity index is 0.000000142. The van der Waals surface area contributed by atoms with Crippen LogP contribution in [0.25, 0.3) is 11.1 Å². The van der Waals surface area contributed by atoms with E-state index in [4.69, 9.17) is 0 Å². The molecule has 0 spiro atoms. The van der Waals surface area contributed by atoms with Gasteiger partial charge in [0, 0.05) is 29.9 Å². The molecule has 3 aromatic rings. The fourth-order valence-corrected chi connectivity index (χ4v) is 4.74. The van der Waals surface area contributed by atoms with E-state index in [1.54, 1.807) is 22.9 Å². The van der Waals surface area contributed by atoms with Crippen molar-refractivity contribution in [2.45, 2.75) is 38.5 Å². The summed E-state index contributed by atoms with van der Waals surface area (Å²) >= 11 is 0. The van der Waals surface area contributed by atoms with Crippen LogP contribution in [0, 0.1) is 0 Å². The number of aliphatic imine (C=N–C) groups is 1. The molecular weight excluding hydrogens is 352 g/mol. The number of rotatable bonds is 0. The molecule has 3 aromatic carbocycles. The van der Waals surface area contributed by atoms with Crippen molar-refractivity contribution < 1.29 is 0 Å². The van der Waals surface area contributed by atoms with Crippen molar-refractivity contribution in [3.63, 3.8) is 0 Å². The molecule has 2 aliphatic carbocycles. The van der Waals surface area contributed by atoms with Crippen molar-refractivity contribution in [1.29, 1.82) is 0 Å². The maximum atomic E-state index is 4.04. The van der Waals surface area contributed by atoms with Gasteiger partial charge in [-0.05, 0) is 78.0 Å². The molecule has 0 amide bonds. The number of fused-ring (bicyclic) bond motifs is 6. The lowest BCUT2D eigenvalue weighted by molar-refractivity contribution is 0.676. The van der Waals surface area contributed by atoms with Gasteiger partial charge >= 0.3 is 0 Å². The monoisotopic (exact) mass is 378 g/mol. The molecule has 144 valence electrons. The molecule has 29 heavy (non-hydrogen) atoms. The van der Waals surface area contributed by atoms with E-state index in [1.807, 2.05) is 36.7 Å². The van der Waals surface area contributed by atoms with E-state index >= 15 is 0 Å². The van der Waals surface area contributed by atoms with Crippen molar-refractivity contribution in [1.82, 2.24) is 0 Å². The van der Waals surface area contributed by atoms with Crippen molar-refractivity contribution in [3.05, 3.63) is 101 Å². The summed E-state index contributed by atoms with van der Waals surface area (Å²) in [6.07, 6.45) is 13.2. The van der Waals surface area contributed by atoms with E-state index in [1.165, 1.54) is 55.2 Å². The molecule has 3 aliphatic rings. The van der Waals surface area contributed by atoms with E-state index in [2.05, 4.69) is 46.7 Å². The predicted molar refractivity (Wildman–Crippen MR) is 123 cm³/mol. The Morgan fingerprint density at radius 1 is 0.655 bits per heavy atom. The van der Waals surface area contributed by atoms with Gasteiger partial charge in [0.1, 0.15) is 0 Å². The summed E-state index contributed by atoms with van der Waals surface area (Å²) in [5.74, 6) is 0. The Labute approximate surface area is 173 Å². The fraction of sp³-hybridized carbons (Fsp3) is 0.222. The van der Waals surface area contributed by atoms with E-state index in [0.717, 1.165) is 11.3 Å². The van der Waals surface area contributed by atoms with Gasteiger partial charge in [-0.2, -0.15) is 0 Å². The van der Waals surface area contributed by atoms with Crippen molar-refractivity contribution in [2.24, 2.45) is 4.99 Å². The molecule has 0 saturated heterocycles. The van der Waals surface area contributed by atoms with Gasteiger partial charge in [0.05, 0.1) is 0 Å². The van der Waals surface area contributed by atoms with Crippen LogP contribution in [0.1, 0.15) is 40.7 Å². The first-order valence-corrected chi connectivity index (χ1v) is 10.7. The molecular formula is C27H26N2. The first-order chi connectivity index (χ1) is 14.4. The zero-order valence-electron chi connectivity index (χ0n) is 16.7. The number of para-hydroxylation sites is 1. The molecule has 0 radical (unpaired) electrons. The number of nitrogens with zero attached hydrogens (tertiary/aromatic N) is 1. The number of anilines is 1. The average Bonchev–Trinajstić information content (AvgIpc) is 3.05. The van der Waals surface area contributed by atoms with Crippen molar-refractivity contribution >= 4 is 11.9 Å². The first-order valence-electron chi connectivity index (χ1n) is 10.7. The molecule has 0 unspecified atom stereocenters. The van der Waals surface area contributed by atoms with Crippen LogP contribution in [0.5, 0.6) is 0 Å². The van der Waals surface area contributed by atoms with Gasteiger partial charge in [-0.15, -0.1) is 0 Å². The standard InChI is InChI=1S/C18H18.C9H8N2/c1-3-7-15-13(5-1)9-11-18-16-8-4-2-6-14(16)10-12-17(15)18;1-2-4-9-8(3-1)7-10-5-6-11-9/h1,3,5,7,10,12H,2,4,6,8-9,11H2;1-7,11H. The van der Waals surface area contributed by atoms with E-state index in [0.29, 0.717) is 0 Å². The lowest BCUT2D eigenvalue weighted by atomic mass is 9.78. The van der Waals surface area contributed by atoms with E-state index in [-0.39, 0.29) is 0 Å². The van der Waals surface area contributed by atoms with Crippen LogP contribution in [0.2, 0.25) is 0 Å². The second-order valence-electron chi connectivity index (χ2n) is 7.92. The maximum Gasteiger partial charge on any atom is 0.0469 e. The minimum absolute atomic E-state index is 1.10. The molecule has 0 saturated carbocycles. The number of hydrogen-bond acceptors (Lipinski definition) is 2. The average molecular weight is 379 g/mol. The summed E-state index contributed by atoms with van der Waals surface area (Å²) in [6, 6.07) is 21.7. The number of benzene rings is 3. The summed E-state index contributed by atoms with van der Waals surface area (Å²) in [5, 5.41) is 3.12. The van der Waals surface area contributed by atoms with Crippen LogP contribution in [0.4, 0.5) is 5.69 Å². The summed E-state index contributed by atoms with van der Waals surface area (Å²) in [5.41, 5.74) is 11.7. The normalized spacial score (nSPS) is 15.4. The molecule has 0 fully saturated rings. The van der Waals surface area contributed by atoms with Crippen LogP contribution in [-0.2, 0) is 25.7 Å². The van der Waals surface area contributed by atoms with Crippen LogP contribution in [0.15, 0.2) is 78.1 Å². The Kier molecular flexibility index (Phi) is 5.00. The van der Waals surface area contributed by atoms with Crippen molar-refractivity contribution in [2.75, 3.05) is 5.32 Å². The highest BCUT2D eigenvalue weighted by Crippen LogP contribution is 2.38. The van der Waals surface area contributed by atoms with Crippen LogP contribution >= 0.6 is 0 Å². The predicted octanol–water partition coefficient (Wildman–Crippen LogP) is 6.33. The third-order valence-corrected chi connectivity index (χ3v) is 6.18. The largest absolute Gasteiger partial charge is 0.360 e. The molecule has 2 heteroatoms. The SMILES string of the molecule is C1=CNc2ccccc2C=N1.c1ccc2c(c1)CCc1c-2ccc2c1CCCC2. The molecule has 1 heterocycles. The lowest BCUT2D eigenvalue weighted by Crippen LogP contribution is -2.12. The molecule has 0 aromatic heterocycles. The maximum absolute atomic E-state index is 4.04. The quantitative estimate of drug-likeness (QED) is 0.485. The summed E-state index contributed by atoms with van der Waals surface area (Å²) in [7, 11) is 0. The molecule has 6 rings (SSSR count). The van der Waals surface area contributed by atoms with Gasteiger partial charge in [0.2, 0.25) is 0 Å². The number of hydrogen-bond donors (Lipinski definition) is 1. The number of aryl methyl sites for hydroxylation is 2. The minimum atomic E-state index is 1.10. The highest BCUT2D eigenvalue weighted by atomic mass is 14.9. The minimum Gasteiger partial charge on any atom is -0.360 e. The molecule has 0 bridgehead atoms. The van der Waals surface area contributed by atoms with E-state index in [9.17, 15) is 0 Å². The highest BCUT2D eigenvalue weighted by molar-refractivity contribution is 5.88. The Morgan fingerprint density at radius 3 is 2.52 bits per heavy atom. The number of nitrogens with one attached hydrogen (secondary N) is 1. The van der Waals surface area contributed by atoms with Gasteiger partial charge in [0.15, 0.2) is 0 Å². The van der Waals surface area contributed by atoms with Gasteiger partial charge in [-0.1, -0.05) is 54.6 Å². The van der Waals surface area contributed by atoms with Crippen LogP contribution in [0.3, 0.4) is 0 Å². The first kappa shape index (κ1) is 17.9. The molecule has 2 nitrogen and oxygen atoms in total. The molecule has 1 N–H and O–H groups in total. The summed E-state index contributed by atoms with van der Waals surface area (Å²) in [4.78, 5) is 4.04. The summed E-state index contributed by atoms with van der Waals surface area (Å²) < 4.78 is 0. The Morgan fingerprint density at radius 2 is 1.52 bits per heavy atom. The third-order valence-electron chi connectivity index (χ3n) is 6.18. The zero-order chi connectivity index (χ0) is 19.5. The third kappa shape index (κ3) is 3.63. The van der Waals surface area contributed by atoms with Crippen LogP contribution < -0.4 is 5.32 Å². The van der Waals surface area contributed by atoms with Gasteiger partial charge in [-0.3, -0.25) is 4.99 Å². The molecule has 0 atom stereocenters. The fourth-order valence-electron chi connectivity index (χ4n) is 4.74. The van der Waals surface area contributed by atoms with Crippen LogP contribution in [-0.4, -0.2) is 6.21 Å². The van der Waals surface area contributed by atoms with Crippen molar-refractivity contribution in [3.8, 4) is 11.1 Å². The second-order valence-corrected chi connectivity index (χ2v) is 7.92. The topological polar surface area (TPSA) is 24.4 Å².